The topological polar surface area (TPSA) is 72.2 Å². The minimum Gasteiger partial charge on any atom is -0.323 e. The van der Waals surface area contributed by atoms with Crippen molar-refractivity contribution >= 4 is 22.4 Å². The van der Waals surface area contributed by atoms with Gasteiger partial charge in [0.15, 0.2) is 0 Å². The second-order valence-electron chi connectivity index (χ2n) is 6.64. The van der Waals surface area contributed by atoms with Crippen LogP contribution >= 0.6 is 12.4 Å². The van der Waals surface area contributed by atoms with Crippen molar-refractivity contribution in [3.05, 3.63) is 65.7 Å². The van der Waals surface area contributed by atoms with Gasteiger partial charge in [0.2, 0.25) is 10.0 Å². The Hall–Kier alpha value is -1.40. The number of sulfonamides is 1. The molecule has 1 unspecified atom stereocenters. The van der Waals surface area contributed by atoms with Gasteiger partial charge in [-0.1, -0.05) is 63.2 Å². The monoisotopic (exact) mass is 368 g/mol. The highest BCUT2D eigenvalue weighted by Crippen LogP contribution is 2.23. The van der Waals surface area contributed by atoms with E-state index in [1.807, 2.05) is 42.5 Å². The Balaban J connectivity index is 0.00000288. The molecule has 0 radical (unpaired) electrons. The van der Waals surface area contributed by atoms with Gasteiger partial charge in [-0.2, -0.15) is 0 Å². The maximum absolute atomic E-state index is 12.4. The first-order valence-corrected chi connectivity index (χ1v) is 9.09. The van der Waals surface area contributed by atoms with Crippen molar-refractivity contribution in [3.63, 3.8) is 0 Å². The SMILES string of the molecule is CC(C)(C)c1ccc(S(=O)(=O)NCC(N)c2ccccc2)cc1.Cl. The van der Waals surface area contributed by atoms with E-state index in [1.54, 1.807) is 12.1 Å². The van der Waals surface area contributed by atoms with Gasteiger partial charge < -0.3 is 5.73 Å². The van der Waals surface area contributed by atoms with Crippen LogP contribution in [-0.2, 0) is 15.4 Å². The highest BCUT2D eigenvalue weighted by atomic mass is 35.5. The molecule has 0 spiro atoms. The first-order chi connectivity index (χ1) is 10.7. The molecule has 2 aromatic rings. The molecular formula is C18H25ClN2O2S. The molecule has 0 saturated heterocycles. The van der Waals surface area contributed by atoms with Crippen molar-refractivity contribution in [1.29, 1.82) is 0 Å². The van der Waals surface area contributed by atoms with Gasteiger partial charge in [0, 0.05) is 12.6 Å². The molecule has 4 nitrogen and oxygen atoms in total. The molecule has 0 fully saturated rings. The average Bonchev–Trinajstić information content (AvgIpc) is 2.53. The Labute approximate surface area is 150 Å². The van der Waals surface area contributed by atoms with Crippen molar-refractivity contribution in [2.75, 3.05) is 6.54 Å². The number of nitrogens with one attached hydrogen (secondary N) is 1. The number of halogens is 1. The van der Waals surface area contributed by atoms with Gasteiger partial charge in [-0.05, 0) is 28.7 Å². The van der Waals surface area contributed by atoms with Gasteiger partial charge in [0.25, 0.3) is 0 Å². The quantitative estimate of drug-likeness (QED) is 0.849. The summed E-state index contributed by atoms with van der Waals surface area (Å²) in [6.45, 7) is 6.43. The van der Waals surface area contributed by atoms with Crippen LogP contribution < -0.4 is 10.5 Å². The number of hydrogen-bond acceptors (Lipinski definition) is 3. The Kier molecular flexibility index (Phi) is 6.98. The van der Waals surface area contributed by atoms with E-state index in [0.717, 1.165) is 11.1 Å². The van der Waals surface area contributed by atoms with Crippen molar-refractivity contribution in [2.24, 2.45) is 5.73 Å². The molecule has 0 saturated carbocycles. The molecule has 0 amide bonds. The van der Waals surface area contributed by atoms with Gasteiger partial charge in [-0.15, -0.1) is 12.4 Å². The summed E-state index contributed by atoms with van der Waals surface area (Å²) in [5.74, 6) is 0. The third-order valence-corrected chi connectivity index (χ3v) is 5.19. The van der Waals surface area contributed by atoms with Crippen molar-refractivity contribution in [3.8, 4) is 0 Å². The first kappa shape index (κ1) is 20.6. The lowest BCUT2D eigenvalue weighted by Gasteiger charge is -2.19. The van der Waals surface area contributed by atoms with Gasteiger partial charge in [0.1, 0.15) is 0 Å². The van der Waals surface area contributed by atoms with E-state index in [1.165, 1.54) is 0 Å². The molecule has 1 atom stereocenters. The van der Waals surface area contributed by atoms with Crippen LogP contribution in [0.5, 0.6) is 0 Å². The van der Waals surface area contributed by atoms with E-state index in [9.17, 15) is 8.42 Å². The summed E-state index contributed by atoms with van der Waals surface area (Å²) < 4.78 is 27.3. The molecule has 0 aliphatic heterocycles. The van der Waals surface area contributed by atoms with Crippen LogP contribution in [0.25, 0.3) is 0 Å². The van der Waals surface area contributed by atoms with E-state index < -0.39 is 10.0 Å². The summed E-state index contributed by atoms with van der Waals surface area (Å²) in [4.78, 5) is 0.255. The summed E-state index contributed by atoms with van der Waals surface area (Å²) in [6, 6.07) is 16.0. The number of hydrogen-bond donors (Lipinski definition) is 2. The maximum Gasteiger partial charge on any atom is 0.240 e. The Bertz CT molecular complexity index is 739. The molecule has 6 heteroatoms. The molecule has 24 heavy (non-hydrogen) atoms. The smallest absolute Gasteiger partial charge is 0.240 e. The van der Waals surface area contributed by atoms with E-state index in [0.29, 0.717) is 0 Å². The fourth-order valence-corrected chi connectivity index (χ4v) is 3.30. The van der Waals surface area contributed by atoms with Gasteiger partial charge >= 0.3 is 0 Å². The number of nitrogens with two attached hydrogens (primary N) is 1. The van der Waals surface area contributed by atoms with Crippen molar-refractivity contribution < 1.29 is 8.42 Å². The first-order valence-electron chi connectivity index (χ1n) is 7.61. The van der Waals surface area contributed by atoms with E-state index in [2.05, 4.69) is 25.5 Å². The molecule has 0 heterocycles. The molecule has 0 bridgehead atoms. The van der Waals surface area contributed by atoms with Crippen molar-refractivity contribution in [1.82, 2.24) is 4.72 Å². The van der Waals surface area contributed by atoms with Crippen LogP contribution in [-0.4, -0.2) is 15.0 Å². The van der Waals surface area contributed by atoms with Crippen LogP contribution in [0, 0.1) is 0 Å². The highest BCUT2D eigenvalue weighted by Gasteiger charge is 2.18. The Morgan fingerprint density at radius 1 is 1.00 bits per heavy atom. The second-order valence-corrected chi connectivity index (χ2v) is 8.41. The van der Waals surface area contributed by atoms with Gasteiger partial charge in [0.05, 0.1) is 4.90 Å². The molecule has 0 aliphatic rings. The Morgan fingerprint density at radius 3 is 2.04 bits per heavy atom. The number of benzene rings is 2. The molecular weight excluding hydrogens is 344 g/mol. The van der Waals surface area contributed by atoms with Crippen LogP contribution in [0.15, 0.2) is 59.5 Å². The van der Waals surface area contributed by atoms with Crippen LogP contribution in [0.2, 0.25) is 0 Å². The zero-order valence-electron chi connectivity index (χ0n) is 14.2. The molecule has 132 valence electrons. The minimum absolute atomic E-state index is 0. The number of rotatable bonds is 5. The summed E-state index contributed by atoms with van der Waals surface area (Å²) in [6.07, 6.45) is 0. The molecule has 2 aromatic carbocycles. The third kappa shape index (κ3) is 5.31. The van der Waals surface area contributed by atoms with Gasteiger partial charge in [-0.25, -0.2) is 13.1 Å². The fraction of sp³-hybridized carbons (Fsp3) is 0.333. The lowest BCUT2D eigenvalue weighted by Crippen LogP contribution is -2.32. The van der Waals surface area contributed by atoms with Crippen LogP contribution in [0.3, 0.4) is 0 Å². The standard InChI is InChI=1S/C18H24N2O2S.ClH/c1-18(2,3)15-9-11-16(12-10-15)23(21,22)20-13-17(19)14-7-5-4-6-8-14;/h4-12,17,20H,13,19H2,1-3H3;1H. The largest absolute Gasteiger partial charge is 0.323 e. The molecule has 0 aliphatic carbocycles. The predicted molar refractivity (Wildman–Crippen MR) is 101 cm³/mol. The summed E-state index contributed by atoms with van der Waals surface area (Å²) in [7, 11) is -3.56. The second kappa shape index (κ2) is 8.12. The molecule has 0 aromatic heterocycles. The summed E-state index contributed by atoms with van der Waals surface area (Å²) >= 11 is 0. The normalized spacial score (nSPS) is 13.2. The average molecular weight is 369 g/mol. The highest BCUT2D eigenvalue weighted by molar-refractivity contribution is 7.89. The summed E-state index contributed by atoms with van der Waals surface area (Å²) in [5.41, 5.74) is 8.02. The fourth-order valence-electron chi connectivity index (χ4n) is 2.23. The predicted octanol–water partition coefficient (Wildman–Crippen LogP) is 3.38. The lowest BCUT2D eigenvalue weighted by atomic mass is 9.87. The zero-order valence-corrected chi connectivity index (χ0v) is 15.8. The van der Waals surface area contributed by atoms with Gasteiger partial charge in [-0.3, -0.25) is 0 Å². The van der Waals surface area contributed by atoms with E-state index in [4.69, 9.17) is 5.73 Å². The van der Waals surface area contributed by atoms with E-state index >= 15 is 0 Å². The van der Waals surface area contributed by atoms with Crippen molar-refractivity contribution in [2.45, 2.75) is 37.1 Å². The zero-order chi connectivity index (χ0) is 17.1. The molecule has 3 N–H and O–H groups in total. The Morgan fingerprint density at radius 2 is 1.54 bits per heavy atom. The lowest BCUT2D eigenvalue weighted by molar-refractivity contribution is 0.570. The minimum atomic E-state index is -3.56. The van der Waals surface area contributed by atoms with Crippen LogP contribution in [0.1, 0.15) is 37.9 Å². The third-order valence-electron chi connectivity index (χ3n) is 3.75. The maximum atomic E-state index is 12.4. The van der Waals surface area contributed by atoms with Crippen LogP contribution in [0.4, 0.5) is 0 Å². The van der Waals surface area contributed by atoms with E-state index in [-0.39, 0.29) is 35.3 Å². The molecule has 2 rings (SSSR count). The summed E-state index contributed by atoms with van der Waals surface area (Å²) in [5, 5.41) is 0.